The monoisotopic (exact) mass is 319 g/mol. The second-order valence-electron chi connectivity index (χ2n) is 8.28. The fourth-order valence-corrected chi connectivity index (χ4v) is 3.97. The lowest BCUT2D eigenvalue weighted by atomic mass is 9.76. The maximum Gasteiger partial charge on any atom is 0.228 e. The third kappa shape index (κ3) is 2.91. The van der Waals surface area contributed by atoms with Gasteiger partial charge >= 0.3 is 0 Å². The summed E-state index contributed by atoms with van der Waals surface area (Å²) in [4.78, 5) is 17.3. The van der Waals surface area contributed by atoms with Crippen LogP contribution in [0.2, 0.25) is 0 Å². The van der Waals surface area contributed by atoms with E-state index >= 15 is 0 Å². The summed E-state index contributed by atoms with van der Waals surface area (Å²) in [5, 5.41) is 4.07. The molecule has 0 radical (unpaired) electrons. The van der Waals surface area contributed by atoms with Crippen molar-refractivity contribution in [1.82, 2.24) is 15.0 Å². The van der Waals surface area contributed by atoms with Crippen molar-refractivity contribution < 1.29 is 9.32 Å². The van der Waals surface area contributed by atoms with E-state index in [-0.39, 0.29) is 16.9 Å². The first-order valence-corrected chi connectivity index (χ1v) is 8.69. The van der Waals surface area contributed by atoms with Gasteiger partial charge in [-0.1, -0.05) is 25.9 Å². The SMILES string of the molecule is Cc1noc(C)c1CN1CCC12CCCN(C(=O)C(C)(C)C)C2. The molecule has 2 saturated heterocycles. The van der Waals surface area contributed by atoms with Crippen LogP contribution in [0.3, 0.4) is 0 Å². The highest BCUT2D eigenvalue weighted by Gasteiger charge is 2.49. The van der Waals surface area contributed by atoms with Gasteiger partial charge in [-0.2, -0.15) is 0 Å². The topological polar surface area (TPSA) is 49.6 Å². The van der Waals surface area contributed by atoms with Crippen molar-refractivity contribution in [2.45, 2.75) is 66.0 Å². The normalized spacial score (nSPS) is 25.7. The zero-order valence-corrected chi connectivity index (χ0v) is 15.1. The number of rotatable bonds is 2. The van der Waals surface area contributed by atoms with E-state index in [9.17, 15) is 4.79 Å². The number of carbonyl (C=O) groups excluding carboxylic acids is 1. The second kappa shape index (κ2) is 5.62. The molecule has 2 fully saturated rings. The molecule has 1 aromatic rings. The number of aryl methyl sites for hydroxylation is 2. The first-order chi connectivity index (χ1) is 10.7. The Morgan fingerprint density at radius 3 is 2.52 bits per heavy atom. The van der Waals surface area contributed by atoms with E-state index in [1.54, 1.807) is 0 Å². The lowest BCUT2D eigenvalue weighted by Gasteiger charge is -2.57. The molecule has 0 bridgehead atoms. The molecule has 2 aliphatic heterocycles. The molecule has 2 aliphatic rings. The minimum atomic E-state index is -0.297. The number of nitrogens with zero attached hydrogens (tertiary/aromatic N) is 3. The molecule has 1 unspecified atom stereocenters. The molecule has 0 aromatic carbocycles. The number of carbonyl (C=O) groups is 1. The van der Waals surface area contributed by atoms with Crippen molar-refractivity contribution in [3.05, 3.63) is 17.0 Å². The quantitative estimate of drug-likeness (QED) is 0.841. The van der Waals surface area contributed by atoms with Crippen LogP contribution in [0.15, 0.2) is 4.52 Å². The summed E-state index contributed by atoms with van der Waals surface area (Å²) in [5.74, 6) is 1.20. The van der Waals surface area contributed by atoms with E-state index in [0.717, 1.165) is 44.1 Å². The minimum Gasteiger partial charge on any atom is -0.361 e. The molecule has 3 rings (SSSR count). The summed E-state index contributed by atoms with van der Waals surface area (Å²) < 4.78 is 5.30. The van der Waals surface area contributed by atoms with Gasteiger partial charge in [0.05, 0.1) is 5.69 Å². The maximum absolute atomic E-state index is 12.7. The number of likely N-dealkylation sites (tertiary alicyclic amines) is 2. The fourth-order valence-electron chi connectivity index (χ4n) is 3.97. The van der Waals surface area contributed by atoms with E-state index in [0.29, 0.717) is 0 Å². The second-order valence-corrected chi connectivity index (χ2v) is 8.28. The van der Waals surface area contributed by atoms with E-state index in [2.05, 4.69) is 15.0 Å². The highest BCUT2D eigenvalue weighted by atomic mass is 16.5. The van der Waals surface area contributed by atoms with Crippen LogP contribution < -0.4 is 0 Å². The highest BCUT2D eigenvalue weighted by Crippen LogP contribution is 2.41. The number of amides is 1. The molecule has 0 aliphatic carbocycles. The van der Waals surface area contributed by atoms with Crippen molar-refractivity contribution in [2.24, 2.45) is 5.41 Å². The third-order valence-corrected chi connectivity index (χ3v) is 5.53. The average molecular weight is 319 g/mol. The molecule has 0 N–H and O–H groups in total. The Hall–Kier alpha value is -1.36. The van der Waals surface area contributed by atoms with Gasteiger partial charge in [0, 0.05) is 42.7 Å². The van der Waals surface area contributed by atoms with Crippen LogP contribution in [-0.2, 0) is 11.3 Å². The minimum absolute atomic E-state index is 0.162. The molecule has 5 nitrogen and oxygen atoms in total. The zero-order valence-electron chi connectivity index (χ0n) is 15.1. The van der Waals surface area contributed by atoms with E-state index in [4.69, 9.17) is 4.52 Å². The summed E-state index contributed by atoms with van der Waals surface area (Å²) in [6, 6.07) is 0. The number of hydrogen-bond acceptors (Lipinski definition) is 4. The summed E-state index contributed by atoms with van der Waals surface area (Å²) in [6.45, 7) is 13.8. The molecule has 1 atom stereocenters. The van der Waals surface area contributed by atoms with Crippen molar-refractivity contribution in [2.75, 3.05) is 19.6 Å². The Bertz CT molecular complexity index is 582. The third-order valence-electron chi connectivity index (χ3n) is 5.53. The Kier molecular flexibility index (Phi) is 4.03. The van der Waals surface area contributed by atoms with E-state index in [1.165, 1.54) is 18.4 Å². The summed E-state index contributed by atoms with van der Waals surface area (Å²) >= 11 is 0. The van der Waals surface area contributed by atoms with Crippen LogP contribution in [0, 0.1) is 19.3 Å². The first-order valence-electron chi connectivity index (χ1n) is 8.69. The molecule has 3 heterocycles. The first kappa shape index (κ1) is 16.5. The van der Waals surface area contributed by atoms with Crippen LogP contribution in [0.25, 0.3) is 0 Å². The van der Waals surface area contributed by atoms with Crippen molar-refractivity contribution >= 4 is 5.91 Å². The molecular weight excluding hydrogens is 290 g/mol. The van der Waals surface area contributed by atoms with Gasteiger partial charge in [-0.25, -0.2) is 0 Å². The Labute approximate surface area is 139 Å². The smallest absolute Gasteiger partial charge is 0.228 e. The lowest BCUT2D eigenvalue weighted by molar-refractivity contribution is -0.148. The number of piperidine rings is 1. The van der Waals surface area contributed by atoms with Crippen LogP contribution in [0.4, 0.5) is 0 Å². The molecule has 1 spiro atoms. The predicted molar refractivity (Wildman–Crippen MR) is 89.0 cm³/mol. The highest BCUT2D eigenvalue weighted by molar-refractivity contribution is 5.81. The van der Waals surface area contributed by atoms with Crippen LogP contribution >= 0.6 is 0 Å². The van der Waals surface area contributed by atoms with Crippen molar-refractivity contribution in [1.29, 1.82) is 0 Å². The van der Waals surface area contributed by atoms with E-state index < -0.39 is 0 Å². The van der Waals surface area contributed by atoms with E-state index in [1.807, 2.05) is 34.6 Å². The molecule has 0 saturated carbocycles. The van der Waals surface area contributed by atoms with Gasteiger partial charge < -0.3 is 9.42 Å². The largest absolute Gasteiger partial charge is 0.361 e. The maximum atomic E-state index is 12.7. The molecule has 1 amide bonds. The fraction of sp³-hybridized carbons (Fsp3) is 0.778. The predicted octanol–water partition coefficient (Wildman–Crippen LogP) is 2.90. The Morgan fingerprint density at radius 2 is 2.00 bits per heavy atom. The lowest BCUT2D eigenvalue weighted by Crippen LogP contribution is -2.67. The number of hydrogen-bond donors (Lipinski definition) is 0. The van der Waals surface area contributed by atoms with Gasteiger partial charge in [0.1, 0.15) is 5.76 Å². The molecule has 1 aromatic heterocycles. The molecule has 23 heavy (non-hydrogen) atoms. The summed E-state index contributed by atoms with van der Waals surface area (Å²) in [5.41, 5.74) is 2.07. The molecule has 128 valence electrons. The van der Waals surface area contributed by atoms with Gasteiger partial charge in [-0.05, 0) is 33.1 Å². The standard InChI is InChI=1S/C18H29N3O2/c1-13-15(14(2)23-19-13)11-21-10-8-18(21)7-6-9-20(12-18)16(22)17(3,4)5/h6-12H2,1-5H3. The van der Waals surface area contributed by atoms with Crippen molar-refractivity contribution in [3.63, 3.8) is 0 Å². The van der Waals surface area contributed by atoms with Crippen LogP contribution in [-0.4, -0.2) is 46.0 Å². The summed E-state index contributed by atoms with van der Waals surface area (Å²) in [7, 11) is 0. The Morgan fingerprint density at radius 1 is 1.26 bits per heavy atom. The zero-order chi connectivity index (χ0) is 16.8. The van der Waals surface area contributed by atoms with Gasteiger partial charge in [0.25, 0.3) is 0 Å². The number of aromatic nitrogens is 1. The average Bonchev–Trinajstić information content (AvgIpc) is 2.81. The van der Waals surface area contributed by atoms with Crippen molar-refractivity contribution in [3.8, 4) is 0 Å². The van der Waals surface area contributed by atoms with Crippen LogP contribution in [0.5, 0.6) is 0 Å². The Balaban J connectivity index is 1.73. The van der Waals surface area contributed by atoms with Gasteiger partial charge in [-0.3, -0.25) is 9.69 Å². The van der Waals surface area contributed by atoms with Gasteiger partial charge in [0.2, 0.25) is 5.91 Å². The van der Waals surface area contributed by atoms with Crippen LogP contribution in [0.1, 0.15) is 57.1 Å². The molecule has 5 heteroatoms. The van der Waals surface area contributed by atoms with Gasteiger partial charge in [-0.15, -0.1) is 0 Å². The molecular formula is C18H29N3O2. The summed E-state index contributed by atoms with van der Waals surface area (Å²) in [6.07, 6.45) is 3.47. The van der Waals surface area contributed by atoms with Gasteiger partial charge in [0.15, 0.2) is 0 Å².